The Bertz CT molecular complexity index is 416. The van der Waals surface area contributed by atoms with Crippen LogP contribution in [0.15, 0.2) is 22.7 Å². The zero-order valence-electron chi connectivity index (χ0n) is 11.5. The lowest BCUT2D eigenvalue weighted by molar-refractivity contribution is 0.0556. The van der Waals surface area contributed by atoms with Crippen LogP contribution in [0.1, 0.15) is 50.3 Å². The molecule has 1 nitrogen and oxygen atoms in total. The summed E-state index contributed by atoms with van der Waals surface area (Å²) in [5, 5.41) is 10.6. The average molecular weight is 311 g/mol. The number of rotatable bonds is 2. The zero-order valence-corrected chi connectivity index (χ0v) is 13.1. The average Bonchev–Trinajstić information content (AvgIpc) is 2.32. The van der Waals surface area contributed by atoms with Gasteiger partial charge < -0.3 is 5.11 Å². The Labute approximate surface area is 119 Å². The van der Waals surface area contributed by atoms with E-state index in [-0.39, 0.29) is 6.10 Å². The summed E-state index contributed by atoms with van der Waals surface area (Å²) in [6.07, 6.45) is 3.21. The van der Waals surface area contributed by atoms with Gasteiger partial charge in [-0.25, -0.2) is 0 Å². The lowest BCUT2D eigenvalue weighted by Gasteiger charge is -2.35. The van der Waals surface area contributed by atoms with E-state index in [9.17, 15) is 5.11 Å². The van der Waals surface area contributed by atoms with E-state index < -0.39 is 0 Å². The van der Waals surface area contributed by atoms with E-state index in [1.54, 1.807) is 0 Å². The van der Waals surface area contributed by atoms with Gasteiger partial charge in [-0.1, -0.05) is 48.3 Å². The van der Waals surface area contributed by atoms with E-state index in [4.69, 9.17) is 0 Å². The third kappa shape index (κ3) is 2.97. The molecule has 0 bridgehead atoms. The molecule has 2 heteroatoms. The minimum absolute atomic E-state index is 0.324. The fraction of sp³-hybridized carbons (Fsp3) is 0.625. The quantitative estimate of drug-likeness (QED) is 0.826. The van der Waals surface area contributed by atoms with Crippen LogP contribution in [0.3, 0.4) is 0 Å². The Morgan fingerprint density at radius 1 is 1.22 bits per heavy atom. The molecule has 0 spiro atoms. The second kappa shape index (κ2) is 5.75. The standard InChI is InChI=1S/C16H23BrO/c1-10-4-7-14(15(17)8-10)16(18)13-6-5-11(2)12(3)9-13/h4,7-8,11-13,16,18H,5-6,9H2,1-3H3. The maximum absolute atomic E-state index is 10.6. The topological polar surface area (TPSA) is 20.2 Å². The summed E-state index contributed by atoms with van der Waals surface area (Å²) >= 11 is 3.58. The second-order valence-corrected chi connectivity index (χ2v) is 6.85. The summed E-state index contributed by atoms with van der Waals surface area (Å²) in [5.74, 6) is 1.94. The van der Waals surface area contributed by atoms with Gasteiger partial charge in [0.15, 0.2) is 0 Å². The van der Waals surface area contributed by atoms with Gasteiger partial charge in [-0.2, -0.15) is 0 Å². The van der Waals surface area contributed by atoms with Crippen molar-refractivity contribution in [1.29, 1.82) is 0 Å². The number of halogens is 1. The van der Waals surface area contributed by atoms with E-state index in [0.717, 1.165) is 34.7 Å². The smallest absolute Gasteiger partial charge is 0.0829 e. The molecule has 1 aliphatic carbocycles. The first-order chi connectivity index (χ1) is 8.49. The van der Waals surface area contributed by atoms with E-state index >= 15 is 0 Å². The summed E-state index contributed by atoms with van der Waals surface area (Å²) in [4.78, 5) is 0. The predicted molar refractivity (Wildman–Crippen MR) is 79.5 cm³/mol. The molecular formula is C16H23BrO. The number of hydrogen-bond acceptors (Lipinski definition) is 1. The van der Waals surface area contributed by atoms with Crippen molar-refractivity contribution in [1.82, 2.24) is 0 Å². The predicted octanol–water partition coefficient (Wildman–Crippen LogP) is 4.86. The lowest BCUT2D eigenvalue weighted by Crippen LogP contribution is -2.25. The molecule has 0 aliphatic heterocycles. The van der Waals surface area contributed by atoms with Crippen LogP contribution in [0, 0.1) is 24.7 Å². The Balaban J connectivity index is 2.13. The van der Waals surface area contributed by atoms with Crippen LogP contribution >= 0.6 is 15.9 Å². The van der Waals surface area contributed by atoms with Crippen LogP contribution in [0.4, 0.5) is 0 Å². The van der Waals surface area contributed by atoms with E-state index in [2.05, 4.69) is 54.9 Å². The monoisotopic (exact) mass is 310 g/mol. The van der Waals surface area contributed by atoms with E-state index in [0.29, 0.717) is 5.92 Å². The molecule has 100 valence electrons. The molecule has 4 unspecified atom stereocenters. The highest BCUT2D eigenvalue weighted by Crippen LogP contribution is 2.41. The molecule has 0 aromatic heterocycles. The van der Waals surface area contributed by atoms with Gasteiger partial charge in [-0.15, -0.1) is 0 Å². The fourth-order valence-electron chi connectivity index (χ4n) is 3.00. The van der Waals surface area contributed by atoms with E-state index in [1.165, 1.54) is 12.0 Å². The summed E-state index contributed by atoms with van der Waals surface area (Å²) in [5.41, 5.74) is 2.27. The van der Waals surface area contributed by atoms with Gasteiger partial charge in [-0.05, 0) is 54.7 Å². The third-order valence-corrected chi connectivity index (χ3v) is 5.25. The van der Waals surface area contributed by atoms with Crippen molar-refractivity contribution in [3.63, 3.8) is 0 Å². The summed E-state index contributed by atoms with van der Waals surface area (Å²) < 4.78 is 1.04. The van der Waals surface area contributed by atoms with Crippen molar-refractivity contribution < 1.29 is 5.11 Å². The SMILES string of the molecule is Cc1ccc(C(O)C2CCC(C)C(C)C2)c(Br)c1. The van der Waals surface area contributed by atoms with Crippen molar-refractivity contribution in [3.05, 3.63) is 33.8 Å². The summed E-state index contributed by atoms with van der Waals surface area (Å²) in [7, 11) is 0. The summed E-state index contributed by atoms with van der Waals surface area (Å²) in [6.45, 7) is 6.72. The Morgan fingerprint density at radius 2 is 1.94 bits per heavy atom. The Hall–Kier alpha value is -0.340. The third-order valence-electron chi connectivity index (χ3n) is 4.56. The minimum atomic E-state index is -0.324. The zero-order chi connectivity index (χ0) is 13.3. The van der Waals surface area contributed by atoms with Crippen LogP contribution in [0.2, 0.25) is 0 Å². The van der Waals surface area contributed by atoms with Crippen LogP contribution in [0.25, 0.3) is 0 Å². The van der Waals surface area contributed by atoms with Crippen molar-refractivity contribution >= 4 is 15.9 Å². The number of hydrogen-bond donors (Lipinski definition) is 1. The van der Waals surface area contributed by atoms with Crippen molar-refractivity contribution in [2.45, 2.75) is 46.1 Å². The molecule has 0 radical (unpaired) electrons. The van der Waals surface area contributed by atoms with Gasteiger partial charge in [0.05, 0.1) is 6.10 Å². The molecular weight excluding hydrogens is 288 g/mol. The Morgan fingerprint density at radius 3 is 2.56 bits per heavy atom. The highest BCUT2D eigenvalue weighted by atomic mass is 79.9. The second-order valence-electron chi connectivity index (χ2n) is 6.00. The molecule has 1 aliphatic rings. The molecule has 1 saturated carbocycles. The van der Waals surface area contributed by atoms with Crippen LogP contribution in [0.5, 0.6) is 0 Å². The fourth-order valence-corrected chi connectivity index (χ4v) is 3.73. The molecule has 4 atom stereocenters. The molecule has 2 rings (SSSR count). The van der Waals surface area contributed by atoms with Crippen LogP contribution in [-0.4, -0.2) is 5.11 Å². The van der Waals surface area contributed by atoms with Gasteiger partial charge in [0.2, 0.25) is 0 Å². The molecule has 0 saturated heterocycles. The lowest BCUT2D eigenvalue weighted by atomic mass is 9.73. The normalized spacial score (nSPS) is 30.2. The van der Waals surface area contributed by atoms with Crippen molar-refractivity contribution in [3.8, 4) is 0 Å². The number of aliphatic hydroxyl groups excluding tert-OH is 1. The van der Waals surface area contributed by atoms with E-state index in [1.807, 2.05) is 0 Å². The number of benzene rings is 1. The first kappa shape index (κ1) is 14.1. The Kier molecular flexibility index (Phi) is 4.50. The highest BCUT2D eigenvalue weighted by molar-refractivity contribution is 9.10. The molecule has 1 fully saturated rings. The summed E-state index contributed by atoms with van der Waals surface area (Å²) in [6, 6.07) is 6.23. The molecule has 1 aromatic carbocycles. The number of aliphatic hydroxyl groups is 1. The maximum Gasteiger partial charge on any atom is 0.0829 e. The largest absolute Gasteiger partial charge is 0.388 e. The van der Waals surface area contributed by atoms with Crippen molar-refractivity contribution in [2.75, 3.05) is 0 Å². The minimum Gasteiger partial charge on any atom is -0.388 e. The maximum atomic E-state index is 10.6. The first-order valence-corrected chi connectivity index (χ1v) is 7.72. The van der Waals surface area contributed by atoms with Gasteiger partial charge in [-0.3, -0.25) is 0 Å². The molecule has 0 heterocycles. The van der Waals surface area contributed by atoms with Gasteiger partial charge in [0.1, 0.15) is 0 Å². The highest BCUT2D eigenvalue weighted by Gasteiger charge is 2.30. The molecule has 1 N–H and O–H groups in total. The van der Waals surface area contributed by atoms with Gasteiger partial charge in [0, 0.05) is 4.47 Å². The van der Waals surface area contributed by atoms with Crippen LogP contribution < -0.4 is 0 Å². The number of aryl methyl sites for hydroxylation is 1. The molecule has 1 aromatic rings. The van der Waals surface area contributed by atoms with Crippen molar-refractivity contribution in [2.24, 2.45) is 17.8 Å². The molecule has 0 amide bonds. The van der Waals surface area contributed by atoms with Gasteiger partial charge >= 0.3 is 0 Å². The van der Waals surface area contributed by atoms with Gasteiger partial charge in [0.25, 0.3) is 0 Å². The van der Waals surface area contributed by atoms with Crippen LogP contribution in [-0.2, 0) is 0 Å². The first-order valence-electron chi connectivity index (χ1n) is 6.93. The molecule has 18 heavy (non-hydrogen) atoms.